The van der Waals surface area contributed by atoms with Crippen molar-refractivity contribution in [2.45, 2.75) is 10.8 Å². The number of nitrogens with zero attached hydrogens (tertiary/aromatic N) is 2. The molecule has 3 nitrogen and oxygen atoms in total. The van der Waals surface area contributed by atoms with Crippen LogP contribution in [0.25, 0.3) is 176 Å². The average molecular weight is 1930 g/mol. The Labute approximate surface area is 878 Å². The fraction of sp³-hybridized carbons (Fsp3) is 0.0137. The molecule has 704 valence electrons. The minimum atomic E-state index is -0.653. The van der Waals surface area contributed by atoms with Crippen LogP contribution in [0.5, 0.6) is 0 Å². The van der Waals surface area contributed by atoms with Gasteiger partial charge in [0.25, 0.3) is 0 Å². The highest BCUT2D eigenvalue weighted by molar-refractivity contribution is 7.26. The first-order chi connectivity index (χ1) is 74.4. The zero-order valence-corrected chi connectivity index (χ0v) is 83.1. The maximum absolute atomic E-state index is 6.56. The van der Waals surface area contributed by atoms with Crippen LogP contribution in [0.4, 0.5) is 34.1 Å². The van der Waals surface area contributed by atoms with Crippen LogP contribution in [0.2, 0.25) is 0 Å². The molecule has 2 heterocycles. The minimum absolute atomic E-state index is 0.641. The maximum atomic E-state index is 6.56. The summed E-state index contributed by atoms with van der Waals surface area (Å²) in [7, 11) is 0. The summed E-state index contributed by atoms with van der Waals surface area (Å²) in [4.78, 5) is 4.94. The molecule has 0 N–H and O–H groups in total. The summed E-state index contributed by atoms with van der Waals surface area (Å²) in [6.07, 6.45) is 0. The van der Waals surface area contributed by atoms with Crippen molar-refractivity contribution in [2.75, 3.05) is 9.80 Å². The molecular formula is C146H98N2OS. The topological polar surface area (TPSA) is 19.6 Å². The number of hydrogen-bond donors (Lipinski definition) is 0. The van der Waals surface area contributed by atoms with Crippen molar-refractivity contribution in [3.05, 3.63) is 639 Å². The van der Waals surface area contributed by atoms with Gasteiger partial charge >= 0.3 is 0 Å². The highest BCUT2D eigenvalue weighted by atomic mass is 32.1. The zero-order valence-electron chi connectivity index (χ0n) is 82.3. The summed E-state index contributed by atoms with van der Waals surface area (Å²) < 4.78 is 9.19. The Balaban J connectivity index is 0.000000148. The van der Waals surface area contributed by atoms with Gasteiger partial charge in [-0.25, -0.2) is 0 Å². The van der Waals surface area contributed by atoms with Crippen LogP contribution in [0, 0.1) is 0 Å². The van der Waals surface area contributed by atoms with Crippen molar-refractivity contribution in [3.8, 4) is 134 Å². The lowest BCUT2D eigenvalue weighted by Gasteiger charge is -2.35. The number of thiophene rings is 1. The van der Waals surface area contributed by atoms with E-state index in [-0.39, 0.29) is 0 Å². The van der Waals surface area contributed by atoms with Crippen LogP contribution < -0.4 is 9.80 Å². The first kappa shape index (κ1) is 89.7. The second-order valence-corrected chi connectivity index (χ2v) is 40.1. The molecule has 24 aromatic carbocycles. The van der Waals surface area contributed by atoms with Gasteiger partial charge in [0.15, 0.2) is 0 Å². The first-order valence-electron chi connectivity index (χ1n) is 51.6. The molecule has 0 spiro atoms. The van der Waals surface area contributed by atoms with Crippen LogP contribution in [-0.2, 0) is 10.8 Å². The summed E-state index contributed by atoms with van der Waals surface area (Å²) >= 11 is 1.88. The predicted octanol–water partition coefficient (Wildman–Crippen LogP) is 40.0. The van der Waals surface area contributed by atoms with E-state index in [1.54, 1.807) is 0 Å². The number of furan rings is 1. The molecule has 0 unspecified atom stereocenters. The molecule has 28 rings (SSSR count). The minimum Gasteiger partial charge on any atom is -0.455 e. The lowest BCUT2D eigenvalue weighted by atomic mass is 9.67. The Morgan fingerprint density at radius 1 is 0.160 bits per heavy atom. The van der Waals surface area contributed by atoms with Gasteiger partial charge in [-0.3, -0.25) is 0 Å². The summed E-state index contributed by atoms with van der Waals surface area (Å²) in [5, 5.41) is 4.86. The zero-order chi connectivity index (χ0) is 99.4. The number of hydrogen-bond acceptors (Lipinski definition) is 4. The molecule has 0 radical (unpaired) electrons. The Morgan fingerprint density at radius 2 is 0.420 bits per heavy atom. The molecule has 0 aliphatic heterocycles. The monoisotopic (exact) mass is 1930 g/mol. The SMILES string of the molecule is c1ccc(-c2ccc(-c3ccccc3N(c3ccc(-c4cccc5c4oc4ccccc45)cc3)c3ccc4c(c3)C(c3ccc(-c5ccccc5)cc3)(c3ccc(-c5ccccc5)cc3)c3ccccc3-4)cc2)cc1.c1ccc(-c2ccc(-c3ccccc3N(c3ccc(-c4cccc5c4sc4ccccc45)cc3)c3ccc4c(c3)C(c3ccc(-c5ccccc5)cc3)(c3ccc(-c5ccccc5)cc3)c3ccccc3-4)cc2)cc1. The van der Waals surface area contributed by atoms with E-state index in [1.165, 1.54) is 165 Å². The number of para-hydroxylation sites is 4. The molecule has 4 heteroatoms. The van der Waals surface area contributed by atoms with Crippen molar-refractivity contribution in [1.82, 2.24) is 0 Å². The molecule has 0 amide bonds. The number of rotatable bonds is 20. The van der Waals surface area contributed by atoms with Crippen molar-refractivity contribution < 1.29 is 4.42 Å². The Morgan fingerprint density at radius 3 is 0.813 bits per heavy atom. The van der Waals surface area contributed by atoms with E-state index in [4.69, 9.17) is 4.42 Å². The summed E-state index contributed by atoms with van der Waals surface area (Å²) in [5.74, 6) is 0. The summed E-state index contributed by atoms with van der Waals surface area (Å²) in [6, 6.07) is 218. The van der Waals surface area contributed by atoms with E-state index in [1.807, 2.05) is 17.4 Å². The molecule has 0 atom stereocenters. The van der Waals surface area contributed by atoms with Gasteiger partial charge in [-0.1, -0.05) is 522 Å². The highest BCUT2D eigenvalue weighted by Gasteiger charge is 2.49. The van der Waals surface area contributed by atoms with E-state index in [0.717, 1.165) is 89.4 Å². The average Bonchev–Trinajstić information content (AvgIpc) is 1.53. The second-order valence-electron chi connectivity index (χ2n) is 39.1. The van der Waals surface area contributed by atoms with E-state index in [0.29, 0.717) is 0 Å². The van der Waals surface area contributed by atoms with Gasteiger partial charge in [0.2, 0.25) is 0 Å². The van der Waals surface area contributed by atoms with Crippen LogP contribution in [0.1, 0.15) is 44.5 Å². The van der Waals surface area contributed by atoms with Gasteiger partial charge < -0.3 is 14.2 Å². The van der Waals surface area contributed by atoms with Gasteiger partial charge in [-0.2, -0.15) is 0 Å². The fourth-order valence-electron chi connectivity index (χ4n) is 23.7. The smallest absolute Gasteiger partial charge is 0.143 e. The highest BCUT2D eigenvalue weighted by Crippen LogP contribution is 2.61. The van der Waals surface area contributed by atoms with Crippen molar-refractivity contribution in [3.63, 3.8) is 0 Å². The fourth-order valence-corrected chi connectivity index (χ4v) is 25.0. The molecule has 26 aromatic rings. The van der Waals surface area contributed by atoms with Gasteiger partial charge in [-0.05, 0) is 234 Å². The summed E-state index contributed by atoms with van der Waals surface area (Å²) in [6.45, 7) is 0. The summed E-state index contributed by atoms with van der Waals surface area (Å²) in [5.41, 5.74) is 45.4. The third kappa shape index (κ3) is 15.8. The Hall–Kier alpha value is -19.1. The number of fused-ring (bicyclic) bond motifs is 12. The largest absolute Gasteiger partial charge is 0.455 e. The number of anilines is 6. The van der Waals surface area contributed by atoms with E-state index < -0.39 is 10.8 Å². The maximum Gasteiger partial charge on any atom is 0.143 e. The first-order valence-corrected chi connectivity index (χ1v) is 52.4. The third-order valence-corrected chi connectivity index (χ3v) is 32.1. The molecule has 0 bridgehead atoms. The van der Waals surface area contributed by atoms with E-state index >= 15 is 0 Å². The molecule has 2 aromatic heterocycles. The van der Waals surface area contributed by atoms with Crippen molar-refractivity contribution >= 4 is 87.6 Å². The molecule has 0 saturated carbocycles. The Kier molecular flexibility index (Phi) is 23.0. The third-order valence-electron chi connectivity index (χ3n) is 30.9. The quantitative estimate of drug-likeness (QED) is 0.0758. The van der Waals surface area contributed by atoms with Gasteiger partial charge in [0.1, 0.15) is 11.2 Å². The Bertz CT molecular complexity index is 8740. The standard InChI is InChI=1S/C73H49NO.C73H49NS/c2*1-4-17-50(18-5-1)53-31-33-56(34-32-53)62-23-11-14-29-70(62)74(60-45-39-57(40-46-60)63-26-16-27-67-66-25-12-15-30-71(66)75-72(63)67)61-47-48-65-64-24-10-13-28-68(64)73(69(65)49-61,58-41-35-54(36-42-58)51-19-6-2-7-20-51)59-43-37-55(38-44-59)52-21-8-3-9-22-52/h2*1-49H. The normalized spacial score (nSPS) is 12.4. The predicted molar refractivity (Wildman–Crippen MR) is 631 cm³/mol. The molecule has 2 aliphatic carbocycles. The molecule has 0 fully saturated rings. The lowest BCUT2D eigenvalue weighted by molar-refractivity contribution is 0.670. The van der Waals surface area contributed by atoms with Gasteiger partial charge in [-0.15, -0.1) is 11.3 Å². The van der Waals surface area contributed by atoms with Crippen molar-refractivity contribution in [2.24, 2.45) is 0 Å². The van der Waals surface area contributed by atoms with Gasteiger partial charge in [0.05, 0.1) is 22.2 Å². The molecule has 0 saturated heterocycles. The molecule has 2 aliphatic rings. The molecule has 150 heavy (non-hydrogen) atoms. The van der Waals surface area contributed by atoms with E-state index in [9.17, 15) is 0 Å². The second kappa shape index (κ2) is 38.5. The van der Waals surface area contributed by atoms with Crippen LogP contribution in [-0.4, -0.2) is 0 Å². The van der Waals surface area contributed by atoms with Crippen LogP contribution in [0.3, 0.4) is 0 Å². The van der Waals surface area contributed by atoms with Crippen molar-refractivity contribution in [1.29, 1.82) is 0 Å². The lowest BCUT2D eigenvalue weighted by Crippen LogP contribution is -2.29. The van der Waals surface area contributed by atoms with Crippen LogP contribution >= 0.6 is 11.3 Å². The number of benzene rings is 24. The molecular weight excluding hydrogens is 1830 g/mol. The van der Waals surface area contributed by atoms with Crippen LogP contribution in [0.15, 0.2) is 599 Å². The van der Waals surface area contributed by atoms with E-state index in [2.05, 4.69) is 598 Å². The van der Waals surface area contributed by atoms with Gasteiger partial charge in [0, 0.05) is 70.4 Å².